The summed E-state index contributed by atoms with van der Waals surface area (Å²) in [5.41, 5.74) is 11.3. The van der Waals surface area contributed by atoms with Gasteiger partial charge in [0, 0.05) is 49.7 Å². The van der Waals surface area contributed by atoms with Gasteiger partial charge >= 0.3 is 0 Å². The van der Waals surface area contributed by atoms with Crippen molar-refractivity contribution in [2.75, 3.05) is 0 Å². The van der Waals surface area contributed by atoms with Crippen LogP contribution in [-0.2, 0) is 42.7 Å². The Labute approximate surface area is 400 Å². The topological polar surface area (TPSA) is 35.9 Å². The van der Waals surface area contributed by atoms with E-state index in [1.807, 2.05) is 12.3 Å². The van der Waals surface area contributed by atoms with Gasteiger partial charge in [-0.2, -0.15) is 12.1 Å². The summed E-state index contributed by atoms with van der Waals surface area (Å²) in [6.07, 6.45) is 5.78. The Morgan fingerprint density at radius 2 is 1.22 bits per heavy atom. The number of nitrogens with zero attached hydrogens (tertiary/aromatic N) is 4. The van der Waals surface area contributed by atoms with Crippen LogP contribution in [-0.4, -0.2) is 14.1 Å². The molecule has 5 nitrogen and oxygen atoms in total. The van der Waals surface area contributed by atoms with Gasteiger partial charge in [-0.3, -0.25) is 4.57 Å². The summed E-state index contributed by atoms with van der Waals surface area (Å²) >= 11 is 0. The monoisotopic (exact) mass is 1030 g/mol. The molecule has 0 bridgehead atoms. The van der Waals surface area contributed by atoms with E-state index in [1.165, 1.54) is 22.4 Å². The molecule has 0 N–H and O–H groups in total. The minimum atomic E-state index is -0.252. The van der Waals surface area contributed by atoms with E-state index in [1.54, 1.807) is 0 Å². The van der Waals surface area contributed by atoms with Gasteiger partial charge in [-0.1, -0.05) is 173 Å². The molecular weight excluding hydrogens is 976 g/mol. The molecule has 9 aromatic rings. The molecule has 0 fully saturated rings. The summed E-state index contributed by atoms with van der Waals surface area (Å²) in [7, 11) is 0. The second-order valence-electron chi connectivity index (χ2n) is 20.7. The number of benzene rings is 6. The molecule has 3 heterocycles. The minimum absolute atomic E-state index is 0. The van der Waals surface area contributed by atoms with Gasteiger partial charge < -0.3 is 13.9 Å². The number of aromatic nitrogens is 4. The summed E-state index contributed by atoms with van der Waals surface area (Å²) in [6, 6.07) is 58.7. The molecule has 0 aliphatic heterocycles. The van der Waals surface area contributed by atoms with Crippen LogP contribution < -0.4 is 9.30 Å². The van der Waals surface area contributed by atoms with E-state index in [2.05, 4.69) is 248 Å². The first-order valence-electron chi connectivity index (χ1n) is 22.4. The predicted octanol–water partition coefficient (Wildman–Crippen LogP) is 14.3. The van der Waals surface area contributed by atoms with E-state index >= 15 is 0 Å². The van der Waals surface area contributed by atoms with Crippen LogP contribution in [0.2, 0.25) is 0 Å². The maximum absolute atomic E-state index is 6.92. The van der Waals surface area contributed by atoms with Crippen molar-refractivity contribution in [3.63, 3.8) is 0 Å². The Bertz CT molecular complexity index is 3160. The summed E-state index contributed by atoms with van der Waals surface area (Å²) in [4.78, 5) is 4.97. The Hall–Kier alpha value is -6.03. The van der Waals surface area contributed by atoms with Crippen molar-refractivity contribution in [3.8, 4) is 39.8 Å². The normalized spacial score (nSPS) is 12.4. The number of ether oxygens (including phenoxy) is 1. The van der Waals surface area contributed by atoms with Crippen LogP contribution in [0.4, 0.5) is 0 Å². The summed E-state index contributed by atoms with van der Waals surface area (Å²) in [5.74, 6) is 2.00. The molecule has 0 aliphatic carbocycles. The summed E-state index contributed by atoms with van der Waals surface area (Å²) < 4.78 is 13.6. The molecular formula is C59H58N4OPt-2. The molecule has 0 saturated carbocycles. The standard InChI is InChI=1S/C59H58N4O.Pt/c1-56(2,3)43-25-20-26-45(35-43)61-39-62(55(58(7,8)9)54(61)57(4,5)6)46-33-41(40-21-14-12-15-22-40)34-48(37-46)64-47-29-30-50-49-27-18-19-28-51(49)63(52(50)38-47)53-36-44(31-32-60-53)59(10,11)42-23-16-13-17-24-42;/h12-36H,1-11H3;/q-2;. The number of rotatable bonds is 8. The van der Waals surface area contributed by atoms with E-state index in [0.29, 0.717) is 11.5 Å². The maximum atomic E-state index is 6.92. The van der Waals surface area contributed by atoms with E-state index in [-0.39, 0.29) is 42.7 Å². The minimum Gasteiger partial charge on any atom is -0.510 e. The average Bonchev–Trinajstić information content (AvgIpc) is 3.85. The van der Waals surface area contributed by atoms with Crippen LogP contribution >= 0.6 is 0 Å². The fourth-order valence-electron chi connectivity index (χ4n) is 9.01. The number of para-hydroxylation sites is 1. The Morgan fingerprint density at radius 3 is 1.91 bits per heavy atom. The molecule has 9 rings (SSSR count). The van der Waals surface area contributed by atoms with Gasteiger partial charge in [0.2, 0.25) is 0 Å². The number of pyridine rings is 1. The number of imidazole rings is 1. The van der Waals surface area contributed by atoms with Gasteiger partial charge in [0.05, 0.1) is 17.1 Å². The van der Waals surface area contributed by atoms with Gasteiger partial charge in [0.15, 0.2) is 0 Å². The summed E-state index contributed by atoms with van der Waals surface area (Å²) in [6.45, 7) is 25.1. The maximum Gasteiger partial charge on any atom is 0.267 e. The molecule has 0 saturated heterocycles. The van der Waals surface area contributed by atoms with Crippen molar-refractivity contribution < 1.29 is 30.4 Å². The fourth-order valence-corrected chi connectivity index (χ4v) is 9.01. The Morgan fingerprint density at radius 1 is 0.538 bits per heavy atom. The zero-order valence-electron chi connectivity index (χ0n) is 39.4. The van der Waals surface area contributed by atoms with Crippen molar-refractivity contribution in [3.05, 3.63) is 198 Å². The van der Waals surface area contributed by atoms with E-state index in [0.717, 1.165) is 55.8 Å². The van der Waals surface area contributed by atoms with E-state index in [9.17, 15) is 0 Å². The van der Waals surface area contributed by atoms with Gasteiger partial charge in [-0.25, -0.2) is 4.98 Å². The van der Waals surface area contributed by atoms with Crippen molar-refractivity contribution in [1.29, 1.82) is 0 Å². The molecule has 65 heavy (non-hydrogen) atoms. The average molecular weight is 1030 g/mol. The fraction of sp³-hybridized carbons (Fsp3) is 0.254. The zero-order valence-corrected chi connectivity index (χ0v) is 41.7. The Kier molecular flexibility index (Phi) is 12.0. The molecule has 0 spiro atoms. The first kappa shape index (κ1) is 45.5. The third-order valence-corrected chi connectivity index (χ3v) is 12.4. The van der Waals surface area contributed by atoms with Crippen molar-refractivity contribution >= 4 is 21.8 Å². The molecule has 332 valence electrons. The number of hydrogen-bond donors (Lipinski definition) is 0. The molecule has 6 aromatic carbocycles. The van der Waals surface area contributed by atoms with Crippen LogP contribution in [0.25, 0.3) is 50.1 Å². The smallest absolute Gasteiger partial charge is 0.267 e. The van der Waals surface area contributed by atoms with Crippen LogP contribution in [0, 0.1) is 18.5 Å². The molecule has 3 aromatic heterocycles. The first-order chi connectivity index (χ1) is 30.4. The third kappa shape index (κ3) is 8.76. The van der Waals surface area contributed by atoms with Crippen LogP contribution in [0.15, 0.2) is 152 Å². The van der Waals surface area contributed by atoms with Crippen molar-refractivity contribution in [2.45, 2.75) is 97.8 Å². The molecule has 0 amide bonds. The van der Waals surface area contributed by atoms with Crippen molar-refractivity contribution in [2.24, 2.45) is 0 Å². The van der Waals surface area contributed by atoms with Crippen LogP contribution in [0.1, 0.15) is 104 Å². The quantitative estimate of drug-likeness (QED) is 0.112. The van der Waals surface area contributed by atoms with Gasteiger partial charge in [-0.15, -0.1) is 35.2 Å². The van der Waals surface area contributed by atoms with Gasteiger partial charge in [-0.05, 0) is 79.9 Å². The van der Waals surface area contributed by atoms with Crippen molar-refractivity contribution in [1.82, 2.24) is 14.1 Å². The largest absolute Gasteiger partial charge is 0.510 e. The first-order valence-corrected chi connectivity index (χ1v) is 22.4. The third-order valence-electron chi connectivity index (χ3n) is 12.4. The Balaban J connectivity index is 0.00000576. The second kappa shape index (κ2) is 17.1. The van der Waals surface area contributed by atoms with E-state index in [4.69, 9.17) is 9.72 Å². The van der Waals surface area contributed by atoms with Gasteiger partial charge in [0.25, 0.3) is 6.33 Å². The predicted molar refractivity (Wildman–Crippen MR) is 263 cm³/mol. The second-order valence-corrected chi connectivity index (χ2v) is 20.7. The number of fused-ring (bicyclic) bond motifs is 3. The molecule has 0 unspecified atom stereocenters. The summed E-state index contributed by atoms with van der Waals surface area (Å²) in [5, 5.41) is 2.20. The van der Waals surface area contributed by atoms with Crippen LogP contribution in [0.3, 0.4) is 0 Å². The zero-order chi connectivity index (χ0) is 45.2. The van der Waals surface area contributed by atoms with Crippen LogP contribution in [0.5, 0.6) is 11.5 Å². The van der Waals surface area contributed by atoms with E-state index < -0.39 is 0 Å². The van der Waals surface area contributed by atoms with Gasteiger partial charge in [0.1, 0.15) is 5.82 Å². The SMILES string of the molecule is CC(C)(C)c1cccc(-[n+]2[c-]n(-c3[c-]c(Oc4[c-]c5c(cc4)c4ccccc4n5-c4cc(C(C)(C)c5ccccc5)ccn4)cc(-c4ccccc4)c3)c(C(C)(C)C)c2C(C)(C)C)c1.[Pt]. The molecule has 6 heteroatoms. The molecule has 0 atom stereocenters. The molecule has 0 aliphatic rings. The number of hydrogen-bond acceptors (Lipinski definition) is 2. The molecule has 0 radical (unpaired) electrons.